The van der Waals surface area contributed by atoms with E-state index in [0.717, 1.165) is 0 Å². The smallest absolute Gasteiger partial charge is 0.410 e. The molecule has 0 bridgehead atoms. The predicted octanol–water partition coefficient (Wildman–Crippen LogP) is 4.78. The van der Waals surface area contributed by atoms with Crippen LogP contribution < -0.4 is 5.73 Å². The number of carbonyl (C=O) groups is 2. The van der Waals surface area contributed by atoms with Crippen molar-refractivity contribution in [2.45, 2.75) is 59.7 Å². The highest BCUT2D eigenvalue weighted by Gasteiger charge is 2.40. The summed E-state index contributed by atoms with van der Waals surface area (Å²) >= 11 is 5.95. The number of amides is 2. The largest absolute Gasteiger partial charge is 0.444 e. The minimum absolute atomic E-state index is 0.0818. The molecule has 1 aromatic heterocycles. The van der Waals surface area contributed by atoms with Gasteiger partial charge in [-0.05, 0) is 44.4 Å². The van der Waals surface area contributed by atoms with E-state index >= 15 is 0 Å². The molecule has 168 valence electrons. The van der Waals surface area contributed by atoms with Gasteiger partial charge in [0.2, 0.25) is 0 Å². The topological polar surface area (TPSA) is 90.4 Å². The van der Waals surface area contributed by atoms with Crippen molar-refractivity contribution in [3.63, 3.8) is 0 Å². The van der Waals surface area contributed by atoms with Crippen LogP contribution in [0.25, 0.3) is 11.3 Å². The number of primary amides is 1. The van der Waals surface area contributed by atoms with E-state index in [9.17, 15) is 14.0 Å². The third-order valence-corrected chi connectivity index (χ3v) is 5.42. The minimum atomic E-state index is -0.685. The Kier molecular flexibility index (Phi) is 5.82. The molecule has 0 fully saturated rings. The maximum Gasteiger partial charge on any atom is 0.410 e. The van der Waals surface area contributed by atoms with Crippen LogP contribution in [0.15, 0.2) is 18.2 Å². The minimum Gasteiger partial charge on any atom is -0.444 e. The first-order chi connectivity index (χ1) is 14.2. The van der Waals surface area contributed by atoms with Gasteiger partial charge in [-0.25, -0.2) is 9.18 Å². The fraction of sp³-hybridized carbons (Fsp3) is 0.500. The molecule has 7 nitrogen and oxygen atoms in total. The summed E-state index contributed by atoms with van der Waals surface area (Å²) in [7, 11) is 0. The molecule has 1 aliphatic heterocycles. The second-order valence-electron chi connectivity index (χ2n) is 9.85. The van der Waals surface area contributed by atoms with Gasteiger partial charge >= 0.3 is 6.09 Å². The molecule has 9 heteroatoms. The Labute approximate surface area is 186 Å². The average Bonchev–Trinajstić information content (AvgIpc) is 3.00. The maximum atomic E-state index is 13.7. The standard InChI is InChI=1S/C22H28ClFN4O3/c1-21(2,3)16-11-27(20(30)31-22(4,5)6)10-15-17(19(25)29)18(26-28(15)16)12-7-8-14(24)13(23)9-12/h7-9,16H,10-11H2,1-6H3,(H2,25,29). The molecular weight excluding hydrogens is 423 g/mol. The van der Waals surface area contributed by atoms with Gasteiger partial charge < -0.3 is 15.4 Å². The zero-order chi connectivity index (χ0) is 23.3. The molecule has 3 rings (SSSR count). The van der Waals surface area contributed by atoms with Gasteiger partial charge in [-0.2, -0.15) is 5.10 Å². The van der Waals surface area contributed by atoms with Crippen LogP contribution in [0.4, 0.5) is 9.18 Å². The molecule has 1 unspecified atom stereocenters. The summed E-state index contributed by atoms with van der Waals surface area (Å²) in [6.45, 7) is 11.9. The summed E-state index contributed by atoms with van der Waals surface area (Å²) in [6.07, 6.45) is -0.476. The Bertz CT molecular complexity index is 1040. The van der Waals surface area contributed by atoms with Crippen LogP contribution in [0.1, 0.15) is 63.6 Å². The van der Waals surface area contributed by atoms with Crippen LogP contribution in [-0.2, 0) is 11.3 Å². The number of benzene rings is 1. The second-order valence-corrected chi connectivity index (χ2v) is 10.3. The van der Waals surface area contributed by atoms with E-state index in [1.165, 1.54) is 18.2 Å². The first-order valence-electron chi connectivity index (χ1n) is 10.0. The number of hydrogen-bond acceptors (Lipinski definition) is 4. The molecule has 0 saturated heterocycles. The van der Waals surface area contributed by atoms with Crippen molar-refractivity contribution in [1.29, 1.82) is 0 Å². The summed E-state index contributed by atoms with van der Waals surface area (Å²) in [4.78, 5) is 26.9. The third kappa shape index (κ3) is 4.69. The van der Waals surface area contributed by atoms with Gasteiger partial charge in [0.15, 0.2) is 0 Å². The van der Waals surface area contributed by atoms with E-state index in [1.54, 1.807) is 30.4 Å². The highest BCUT2D eigenvalue weighted by molar-refractivity contribution is 6.31. The number of nitrogens with zero attached hydrogens (tertiary/aromatic N) is 3. The SMILES string of the molecule is CC(C)(C)OC(=O)N1Cc2c(C(N)=O)c(-c3ccc(F)c(Cl)c3)nn2C(C(C)(C)C)C1. The van der Waals surface area contributed by atoms with E-state index in [2.05, 4.69) is 5.10 Å². The summed E-state index contributed by atoms with van der Waals surface area (Å²) in [5.41, 5.74) is 6.26. The first kappa shape index (κ1) is 23.1. The van der Waals surface area contributed by atoms with Crippen molar-refractivity contribution in [3.8, 4) is 11.3 Å². The zero-order valence-corrected chi connectivity index (χ0v) is 19.4. The van der Waals surface area contributed by atoms with Crippen LogP contribution in [0.2, 0.25) is 5.02 Å². The molecular formula is C22H28ClFN4O3. The molecule has 0 aliphatic carbocycles. The number of hydrogen-bond donors (Lipinski definition) is 1. The first-order valence-corrected chi connectivity index (χ1v) is 10.4. The third-order valence-electron chi connectivity index (χ3n) is 5.13. The fourth-order valence-corrected chi connectivity index (χ4v) is 3.80. The molecule has 31 heavy (non-hydrogen) atoms. The van der Waals surface area contributed by atoms with Crippen LogP contribution in [0.5, 0.6) is 0 Å². The Hall–Kier alpha value is -2.61. The van der Waals surface area contributed by atoms with Crippen LogP contribution in [-0.4, -0.2) is 38.8 Å². The van der Waals surface area contributed by atoms with Gasteiger partial charge in [0, 0.05) is 12.1 Å². The molecule has 1 aliphatic rings. The summed E-state index contributed by atoms with van der Waals surface area (Å²) < 4.78 is 21.0. The van der Waals surface area contributed by atoms with Crippen molar-refractivity contribution in [2.24, 2.45) is 11.1 Å². The van der Waals surface area contributed by atoms with Gasteiger partial charge in [0.1, 0.15) is 17.1 Å². The van der Waals surface area contributed by atoms with Crippen molar-refractivity contribution in [3.05, 3.63) is 40.3 Å². The molecule has 2 heterocycles. The van der Waals surface area contributed by atoms with E-state index in [0.29, 0.717) is 23.5 Å². The molecule has 2 N–H and O–H groups in total. The lowest BCUT2D eigenvalue weighted by Gasteiger charge is -2.40. The molecule has 0 spiro atoms. The van der Waals surface area contributed by atoms with Crippen molar-refractivity contribution >= 4 is 23.6 Å². The molecule has 2 amide bonds. The van der Waals surface area contributed by atoms with Crippen molar-refractivity contribution in [2.75, 3.05) is 6.54 Å². The lowest BCUT2D eigenvalue weighted by atomic mass is 9.85. The van der Waals surface area contributed by atoms with Crippen molar-refractivity contribution in [1.82, 2.24) is 14.7 Å². The number of halogens is 2. The number of rotatable bonds is 2. The molecule has 2 aromatic rings. The molecule has 0 radical (unpaired) electrons. The van der Waals surface area contributed by atoms with E-state index in [-0.39, 0.29) is 28.6 Å². The van der Waals surface area contributed by atoms with Gasteiger partial charge in [-0.3, -0.25) is 9.48 Å². The normalized spacial score (nSPS) is 16.8. The van der Waals surface area contributed by atoms with Crippen LogP contribution >= 0.6 is 11.6 Å². The Balaban J connectivity index is 2.17. The Morgan fingerprint density at radius 1 is 1.23 bits per heavy atom. The van der Waals surface area contributed by atoms with Crippen LogP contribution in [0.3, 0.4) is 0 Å². The van der Waals surface area contributed by atoms with E-state index < -0.39 is 23.4 Å². The monoisotopic (exact) mass is 450 g/mol. The number of ether oxygens (including phenoxy) is 1. The quantitative estimate of drug-likeness (QED) is 0.712. The van der Waals surface area contributed by atoms with Gasteiger partial charge in [-0.15, -0.1) is 0 Å². The molecule has 1 aromatic carbocycles. The zero-order valence-electron chi connectivity index (χ0n) is 18.6. The van der Waals surface area contributed by atoms with Gasteiger partial charge in [-0.1, -0.05) is 32.4 Å². The Morgan fingerprint density at radius 3 is 2.39 bits per heavy atom. The number of carbonyl (C=O) groups excluding carboxylic acids is 2. The predicted molar refractivity (Wildman–Crippen MR) is 116 cm³/mol. The van der Waals surface area contributed by atoms with Gasteiger partial charge in [0.25, 0.3) is 5.91 Å². The highest BCUT2D eigenvalue weighted by Crippen LogP contribution is 2.39. The maximum absolute atomic E-state index is 13.7. The number of aromatic nitrogens is 2. The lowest BCUT2D eigenvalue weighted by Crippen LogP contribution is -2.47. The molecule has 1 atom stereocenters. The fourth-order valence-electron chi connectivity index (χ4n) is 3.62. The highest BCUT2D eigenvalue weighted by atomic mass is 35.5. The van der Waals surface area contributed by atoms with Gasteiger partial charge in [0.05, 0.1) is 28.9 Å². The molecule has 0 saturated carbocycles. The van der Waals surface area contributed by atoms with Crippen LogP contribution in [0, 0.1) is 11.2 Å². The van der Waals surface area contributed by atoms with E-state index in [1.807, 2.05) is 20.8 Å². The summed E-state index contributed by atoms with van der Waals surface area (Å²) in [6, 6.07) is 3.89. The second kappa shape index (κ2) is 7.82. The lowest BCUT2D eigenvalue weighted by molar-refractivity contribution is 0.00896. The number of fused-ring (bicyclic) bond motifs is 1. The Morgan fingerprint density at radius 2 is 1.87 bits per heavy atom. The average molecular weight is 451 g/mol. The summed E-state index contributed by atoms with van der Waals surface area (Å²) in [5.74, 6) is -1.26. The number of nitrogens with two attached hydrogens (primary N) is 1. The van der Waals surface area contributed by atoms with E-state index in [4.69, 9.17) is 22.1 Å². The summed E-state index contributed by atoms with van der Waals surface area (Å²) in [5, 5.41) is 4.60. The van der Waals surface area contributed by atoms with Crippen molar-refractivity contribution < 1.29 is 18.7 Å².